The number of aromatic amines is 1. The summed E-state index contributed by atoms with van der Waals surface area (Å²) >= 11 is 0. The van der Waals surface area contributed by atoms with Crippen LogP contribution in [0.4, 0.5) is 0 Å². The molecule has 2 heterocycles. The van der Waals surface area contributed by atoms with Crippen molar-refractivity contribution in [2.24, 2.45) is 5.92 Å². The minimum Gasteiger partial charge on any atom is -0.330 e. The number of nitrogens with one attached hydrogen (secondary N) is 1. The fourth-order valence-corrected chi connectivity index (χ4v) is 2.90. The van der Waals surface area contributed by atoms with Crippen LogP contribution in [0.1, 0.15) is 38.1 Å². The monoisotopic (exact) mass is 296 g/mol. The first-order chi connectivity index (χ1) is 10.6. The summed E-state index contributed by atoms with van der Waals surface area (Å²) < 4.78 is 2.10. The Labute approximate surface area is 129 Å². The highest BCUT2D eigenvalue weighted by molar-refractivity contribution is 5.75. The second-order valence-electron chi connectivity index (χ2n) is 5.84. The summed E-state index contributed by atoms with van der Waals surface area (Å²) in [5.41, 5.74) is 3.23. The Kier molecular flexibility index (Phi) is 3.79. The fraction of sp³-hybridized carbons (Fsp3) is 0.353. The number of benzene rings is 1. The SMILES string of the molecule is CCc1nc2ccc(C(C(C)C)n3ccnc3)cc2[nH]c1=O. The fourth-order valence-electron chi connectivity index (χ4n) is 2.90. The van der Waals surface area contributed by atoms with E-state index in [-0.39, 0.29) is 11.6 Å². The zero-order valence-corrected chi connectivity index (χ0v) is 13.1. The highest BCUT2D eigenvalue weighted by atomic mass is 16.1. The molecule has 0 fully saturated rings. The number of nitrogens with zero attached hydrogens (tertiary/aromatic N) is 3. The molecule has 5 nitrogen and oxygen atoms in total. The first kappa shape index (κ1) is 14.5. The molecule has 1 N–H and O–H groups in total. The number of hydrogen-bond donors (Lipinski definition) is 1. The molecule has 3 aromatic rings. The Morgan fingerprint density at radius 2 is 2.14 bits per heavy atom. The van der Waals surface area contributed by atoms with Crippen LogP contribution in [0.25, 0.3) is 11.0 Å². The van der Waals surface area contributed by atoms with Crippen molar-refractivity contribution >= 4 is 11.0 Å². The molecule has 0 aliphatic carbocycles. The van der Waals surface area contributed by atoms with Gasteiger partial charge < -0.3 is 9.55 Å². The predicted molar refractivity (Wildman–Crippen MR) is 86.9 cm³/mol. The number of fused-ring (bicyclic) bond motifs is 1. The quantitative estimate of drug-likeness (QED) is 0.805. The van der Waals surface area contributed by atoms with Crippen LogP contribution in [-0.4, -0.2) is 19.5 Å². The first-order valence-electron chi connectivity index (χ1n) is 7.60. The Morgan fingerprint density at radius 1 is 1.32 bits per heavy atom. The molecular weight excluding hydrogens is 276 g/mol. The zero-order chi connectivity index (χ0) is 15.7. The lowest BCUT2D eigenvalue weighted by molar-refractivity contribution is 0.437. The topological polar surface area (TPSA) is 63.6 Å². The van der Waals surface area contributed by atoms with Gasteiger partial charge in [-0.05, 0) is 30.0 Å². The number of rotatable bonds is 4. The summed E-state index contributed by atoms with van der Waals surface area (Å²) in [7, 11) is 0. The number of hydrogen-bond acceptors (Lipinski definition) is 3. The lowest BCUT2D eigenvalue weighted by atomic mass is 9.95. The molecule has 1 unspecified atom stereocenters. The summed E-state index contributed by atoms with van der Waals surface area (Å²) in [6.07, 6.45) is 6.22. The van der Waals surface area contributed by atoms with Crippen molar-refractivity contribution in [3.05, 3.63) is 58.5 Å². The normalized spacial score (nSPS) is 12.9. The van der Waals surface area contributed by atoms with Crippen molar-refractivity contribution in [3.8, 4) is 0 Å². The number of aromatic nitrogens is 4. The van der Waals surface area contributed by atoms with E-state index in [4.69, 9.17) is 0 Å². The molecule has 0 saturated carbocycles. The van der Waals surface area contributed by atoms with Crippen molar-refractivity contribution in [1.82, 2.24) is 19.5 Å². The van der Waals surface area contributed by atoms with Crippen LogP contribution in [0.2, 0.25) is 0 Å². The molecular formula is C17H20N4O. The summed E-state index contributed by atoms with van der Waals surface area (Å²) in [6, 6.07) is 6.26. The van der Waals surface area contributed by atoms with Gasteiger partial charge in [-0.2, -0.15) is 0 Å². The van der Waals surface area contributed by atoms with Gasteiger partial charge in [-0.15, -0.1) is 0 Å². The van der Waals surface area contributed by atoms with Gasteiger partial charge in [0.15, 0.2) is 0 Å². The van der Waals surface area contributed by atoms with Crippen LogP contribution in [0.15, 0.2) is 41.7 Å². The molecule has 2 aromatic heterocycles. The Bertz CT molecular complexity index is 833. The molecule has 0 spiro atoms. The van der Waals surface area contributed by atoms with Gasteiger partial charge in [0.05, 0.1) is 23.4 Å². The van der Waals surface area contributed by atoms with Gasteiger partial charge in [0.1, 0.15) is 5.69 Å². The van der Waals surface area contributed by atoms with Gasteiger partial charge in [0, 0.05) is 12.4 Å². The van der Waals surface area contributed by atoms with E-state index in [9.17, 15) is 4.79 Å². The highest BCUT2D eigenvalue weighted by Gasteiger charge is 2.18. The van der Waals surface area contributed by atoms with E-state index in [2.05, 4.69) is 39.4 Å². The molecule has 1 atom stereocenters. The number of aryl methyl sites for hydroxylation is 1. The van der Waals surface area contributed by atoms with E-state index in [1.807, 2.05) is 31.6 Å². The maximum Gasteiger partial charge on any atom is 0.270 e. The average molecular weight is 296 g/mol. The molecule has 0 aliphatic heterocycles. The van der Waals surface area contributed by atoms with Gasteiger partial charge in [-0.3, -0.25) is 4.79 Å². The first-order valence-corrected chi connectivity index (χ1v) is 7.60. The largest absolute Gasteiger partial charge is 0.330 e. The number of H-pyrrole nitrogens is 1. The van der Waals surface area contributed by atoms with Crippen molar-refractivity contribution in [1.29, 1.82) is 0 Å². The van der Waals surface area contributed by atoms with E-state index in [0.29, 0.717) is 18.0 Å². The minimum atomic E-state index is -0.101. The van der Waals surface area contributed by atoms with Crippen LogP contribution in [0.5, 0.6) is 0 Å². The predicted octanol–water partition coefficient (Wildman–Crippen LogP) is 2.93. The molecule has 0 amide bonds. The lowest BCUT2D eigenvalue weighted by Gasteiger charge is -2.23. The van der Waals surface area contributed by atoms with E-state index >= 15 is 0 Å². The highest BCUT2D eigenvalue weighted by Crippen LogP contribution is 2.27. The molecule has 0 saturated heterocycles. The molecule has 3 rings (SSSR count). The van der Waals surface area contributed by atoms with Gasteiger partial charge in [-0.1, -0.05) is 26.8 Å². The van der Waals surface area contributed by atoms with Gasteiger partial charge in [-0.25, -0.2) is 9.97 Å². The molecule has 0 bridgehead atoms. The van der Waals surface area contributed by atoms with E-state index in [0.717, 1.165) is 16.6 Å². The maximum absolute atomic E-state index is 12.0. The van der Waals surface area contributed by atoms with Crippen molar-refractivity contribution in [3.63, 3.8) is 0 Å². The summed E-state index contributed by atoms with van der Waals surface area (Å²) in [6.45, 7) is 6.29. The third-order valence-corrected chi connectivity index (χ3v) is 3.94. The Balaban J connectivity index is 2.13. The van der Waals surface area contributed by atoms with E-state index in [1.54, 1.807) is 6.20 Å². The second kappa shape index (κ2) is 5.75. The third kappa shape index (κ3) is 2.54. The lowest BCUT2D eigenvalue weighted by Crippen LogP contribution is -2.17. The van der Waals surface area contributed by atoms with Crippen molar-refractivity contribution in [2.75, 3.05) is 0 Å². The van der Waals surface area contributed by atoms with Crippen LogP contribution >= 0.6 is 0 Å². The van der Waals surface area contributed by atoms with Crippen molar-refractivity contribution in [2.45, 2.75) is 33.2 Å². The smallest absolute Gasteiger partial charge is 0.270 e. The molecule has 1 aromatic carbocycles. The van der Waals surface area contributed by atoms with Crippen LogP contribution in [0.3, 0.4) is 0 Å². The Hall–Kier alpha value is -2.43. The standard InChI is InChI=1S/C17H20N4O/c1-4-13-17(22)20-15-9-12(5-6-14(15)19-13)16(11(2)3)21-8-7-18-10-21/h5-11,16H,4H2,1-3H3,(H,20,22). The van der Waals surface area contributed by atoms with Crippen LogP contribution in [0, 0.1) is 5.92 Å². The van der Waals surface area contributed by atoms with Gasteiger partial charge in [0.2, 0.25) is 0 Å². The molecule has 22 heavy (non-hydrogen) atoms. The van der Waals surface area contributed by atoms with Gasteiger partial charge in [0.25, 0.3) is 5.56 Å². The minimum absolute atomic E-state index is 0.101. The Morgan fingerprint density at radius 3 is 2.77 bits per heavy atom. The molecule has 0 aliphatic rings. The summed E-state index contributed by atoms with van der Waals surface area (Å²) in [4.78, 5) is 23.5. The van der Waals surface area contributed by atoms with Crippen LogP contribution < -0.4 is 5.56 Å². The van der Waals surface area contributed by atoms with Crippen molar-refractivity contribution < 1.29 is 0 Å². The summed E-state index contributed by atoms with van der Waals surface area (Å²) in [5, 5.41) is 0. The maximum atomic E-state index is 12.0. The zero-order valence-electron chi connectivity index (χ0n) is 13.1. The molecule has 5 heteroatoms. The average Bonchev–Trinajstić information content (AvgIpc) is 3.00. The number of imidazole rings is 1. The molecule has 114 valence electrons. The van der Waals surface area contributed by atoms with Crippen LogP contribution in [-0.2, 0) is 6.42 Å². The molecule has 0 radical (unpaired) electrons. The third-order valence-electron chi connectivity index (χ3n) is 3.94. The van der Waals surface area contributed by atoms with E-state index < -0.39 is 0 Å². The van der Waals surface area contributed by atoms with E-state index in [1.165, 1.54) is 0 Å². The van der Waals surface area contributed by atoms with Gasteiger partial charge >= 0.3 is 0 Å². The summed E-state index contributed by atoms with van der Waals surface area (Å²) in [5.74, 6) is 0.404. The second-order valence-corrected chi connectivity index (χ2v) is 5.84.